The Morgan fingerprint density at radius 3 is 2.59 bits per heavy atom. The van der Waals surface area contributed by atoms with E-state index in [1.807, 2.05) is 18.3 Å². The number of ether oxygens (including phenoxy) is 2. The van der Waals surface area contributed by atoms with Gasteiger partial charge in [-0.25, -0.2) is 0 Å². The molecule has 0 saturated carbocycles. The molecule has 1 aliphatic heterocycles. The van der Waals surface area contributed by atoms with Crippen LogP contribution in [0.15, 0.2) is 6.07 Å². The second kappa shape index (κ2) is 5.06. The smallest absolute Gasteiger partial charge is 0.178 e. The summed E-state index contributed by atoms with van der Waals surface area (Å²) in [7, 11) is 0. The number of hydrogen-bond acceptors (Lipinski definition) is 4. The fourth-order valence-corrected chi connectivity index (χ4v) is 3.21. The van der Waals surface area contributed by atoms with Crippen LogP contribution in [0.3, 0.4) is 0 Å². The van der Waals surface area contributed by atoms with Crippen molar-refractivity contribution in [1.82, 2.24) is 5.32 Å². The molecule has 1 saturated heterocycles. The topological polar surface area (TPSA) is 30.5 Å². The van der Waals surface area contributed by atoms with Gasteiger partial charge in [-0.15, -0.1) is 11.3 Å². The van der Waals surface area contributed by atoms with Gasteiger partial charge in [0.05, 0.1) is 13.2 Å². The van der Waals surface area contributed by atoms with E-state index in [1.54, 1.807) is 0 Å². The quantitative estimate of drug-likeness (QED) is 0.897. The number of thiophene rings is 1. The van der Waals surface area contributed by atoms with E-state index in [4.69, 9.17) is 9.47 Å². The fourth-order valence-electron chi connectivity index (χ4n) is 2.19. The standard InChI is InChI=1S/C13H21NO2S/c1-9-7-12(11(3)17-9)10(2)14-8-13(4)15-5-6-16-13/h7,10,14H,5-6,8H2,1-4H3/t10-/m0/s1. The Kier molecular flexibility index (Phi) is 3.88. The largest absolute Gasteiger partial charge is 0.347 e. The SMILES string of the molecule is Cc1cc([C@H](C)NCC2(C)OCCO2)c(C)s1. The van der Waals surface area contributed by atoms with Gasteiger partial charge in [0.2, 0.25) is 0 Å². The van der Waals surface area contributed by atoms with Crippen LogP contribution in [0.1, 0.15) is 35.2 Å². The molecule has 1 aromatic heterocycles. The number of rotatable bonds is 4. The minimum absolute atomic E-state index is 0.338. The zero-order valence-corrected chi connectivity index (χ0v) is 11.8. The molecule has 1 aliphatic rings. The third kappa shape index (κ3) is 3.07. The van der Waals surface area contributed by atoms with Gasteiger partial charge in [-0.3, -0.25) is 0 Å². The van der Waals surface area contributed by atoms with Gasteiger partial charge in [-0.05, 0) is 39.3 Å². The van der Waals surface area contributed by atoms with Crippen molar-refractivity contribution in [2.24, 2.45) is 0 Å². The van der Waals surface area contributed by atoms with Crippen molar-refractivity contribution in [3.8, 4) is 0 Å². The Morgan fingerprint density at radius 2 is 2.06 bits per heavy atom. The first-order valence-electron chi connectivity index (χ1n) is 6.08. The maximum absolute atomic E-state index is 5.58. The van der Waals surface area contributed by atoms with Crippen molar-refractivity contribution in [3.05, 3.63) is 21.4 Å². The van der Waals surface area contributed by atoms with Crippen molar-refractivity contribution < 1.29 is 9.47 Å². The molecule has 96 valence electrons. The summed E-state index contributed by atoms with van der Waals surface area (Å²) in [4.78, 5) is 2.76. The van der Waals surface area contributed by atoms with Crippen LogP contribution in [0.2, 0.25) is 0 Å². The maximum atomic E-state index is 5.58. The van der Waals surface area contributed by atoms with Gasteiger partial charge in [-0.1, -0.05) is 0 Å². The Balaban J connectivity index is 1.93. The highest BCUT2D eigenvalue weighted by atomic mass is 32.1. The Bertz CT molecular complexity index is 383. The van der Waals surface area contributed by atoms with Gasteiger partial charge in [0.25, 0.3) is 0 Å². The van der Waals surface area contributed by atoms with Gasteiger partial charge in [0.1, 0.15) is 0 Å². The molecule has 1 atom stereocenters. The van der Waals surface area contributed by atoms with Crippen molar-refractivity contribution in [1.29, 1.82) is 0 Å². The van der Waals surface area contributed by atoms with E-state index in [1.165, 1.54) is 15.3 Å². The zero-order valence-electron chi connectivity index (χ0n) is 11.0. The molecular weight excluding hydrogens is 234 g/mol. The van der Waals surface area contributed by atoms with E-state index in [2.05, 4.69) is 32.2 Å². The van der Waals surface area contributed by atoms with Crippen LogP contribution in [0.5, 0.6) is 0 Å². The molecule has 3 nitrogen and oxygen atoms in total. The number of aryl methyl sites for hydroxylation is 2. The molecule has 4 heteroatoms. The summed E-state index contributed by atoms with van der Waals surface area (Å²) >= 11 is 1.85. The highest BCUT2D eigenvalue weighted by molar-refractivity contribution is 7.12. The lowest BCUT2D eigenvalue weighted by molar-refractivity contribution is -0.139. The van der Waals surface area contributed by atoms with Crippen LogP contribution in [-0.4, -0.2) is 25.5 Å². The molecule has 0 amide bonds. The Morgan fingerprint density at radius 1 is 1.41 bits per heavy atom. The molecule has 0 aromatic carbocycles. The molecule has 1 aromatic rings. The van der Waals surface area contributed by atoms with Crippen molar-refractivity contribution in [3.63, 3.8) is 0 Å². The normalized spacial score (nSPS) is 20.7. The molecule has 0 unspecified atom stereocenters. The Labute approximate surface area is 107 Å². The van der Waals surface area contributed by atoms with Crippen LogP contribution in [-0.2, 0) is 9.47 Å². The fraction of sp³-hybridized carbons (Fsp3) is 0.692. The summed E-state index contributed by atoms with van der Waals surface area (Å²) in [5, 5.41) is 3.49. The number of nitrogens with one attached hydrogen (secondary N) is 1. The molecule has 1 fully saturated rings. The van der Waals surface area contributed by atoms with Gasteiger partial charge < -0.3 is 14.8 Å². The third-order valence-electron chi connectivity index (χ3n) is 3.17. The van der Waals surface area contributed by atoms with E-state index < -0.39 is 5.79 Å². The predicted octanol–water partition coefficient (Wildman–Crippen LogP) is 2.78. The maximum Gasteiger partial charge on any atom is 0.178 e. The van der Waals surface area contributed by atoms with Gasteiger partial charge in [0, 0.05) is 22.3 Å². The van der Waals surface area contributed by atoms with Crippen molar-refractivity contribution in [2.75, 3.05) is 19.8 Å². The molecular formula is C13H21NO2S. The first-order valence-corrected chi connectivity index (χ1v) is 6.90. The summed E-state index contributed by atoms with van der Waals surface area (Å²) in [5.41, 5.74) is 1.38. The van der Waals surface area contributed by atoms with Gasteiger partial charge >= 0.3 is 0 Å². The van der Waals surface area contributed by atoms with Gasteiger partial charge in [-0.2, -0.15) is 0 Å². The Hall–Kier alpha value is -0.420. The average molecular weight is 255 g/mol. The second-order valence-electron chi connectivity index (χ2n) is 4.80. The minimum Gasteiger partial charge on any atom is -0.347 e. The summed E-state index contributed by atoms with van der Waals surface area (Å²) in [6, 6.07) is 2.60. The van der Waals surface area contributed by atoms with E-state index >= 15 is 0 Å². The highest BCUT2D eigenvalue weighted by Gasteiger charge is 2.31. The number of hydrogen-bond donors (Lipinski definition) is 1. The summed E-state index contributed by atoms with van der Waals surface area (Å²) < 4.78 is 11.2. The van der Waals surface area contributed by atoms with Crippen LogP contribution in [0.25, 0.3) is 0 Å². The first kappa shape index (κ1) is 13.0. The van der Waals surface area contributed by atoms with E-state index in [9.17, 15) is 0 Å². The second-order valence-corrected chi connectivity index (χ2v) is 6.26. The van der Waals surface area contributed by atoms with Crippen LogP contribution < -0.4 is 5.32 Å². The molecule has 17 heavy (non-hydrogen) atoms. The lowest BCUT2D eigenvalue weighted by Crippen LogP contribution is -2.39. The summed E-state index contributed by atoms with van der Waals surface area (Å²) in [6.07, 6.45) is 0. The predicted molar refractivity (Wildman–Crippen MR) is 70.5 cm³/mol. The summed E-state index contributed by atoms with van der Waals surface area (Å²) in [5.74, 6) is -0.451. The molecule has 0 radical (unpaired) electrons. The van der Waals surface area contributed by atoms with Crippen molar-refractivity contribution in [2.45, 2.75) is 39.5 Å². The molecule has 2 heterocycles. The molecule has 0 bridgehead atoms. The van der Waals surface area contributed by atoms with Crippen LogP contribution in [0.4, 0.5) is 0 Å². The molecule has 1 N–H and O–H groups in total. The van der Waals surface area contributed by atoms with E-state index in [-0.39, 0.29) is 0 Å². The lowest BCUT2D eigenvalue weighted by atomic mass is 10.1. The highest BCUT2D eigenvalue weighted by Crippen LogP contribution is 2.27. The van der Waals surface area contributed by atoms with Crippen LogP contribution >= 0.6 is 11.3 Å². The minimum atomic E-state index is -0.451. The van der Waals surface area contributed by atoms with Gasteiger partial charge in [0.15, 0.2) is 5.79 Å². The monoisotopic (exact) mass is 255 g/mol. The third-order valence-corrected chi connectivity index (χ3v) is 4.16. The zero-order chi connectivity index (χ0) is 12.5. The molecule has 2 rings (SSSR count). The van der Waals surface area contributed by atoms with Crippen molar-refractivity contribution >= 4 is 11.3 Å². The average Bonchev–Trinajstić information content (AvgIpc) is 2.83. The van der Waals surface area contributed by atoms with E-state index in [0.717, 1.165) is 6.54 Å². The molecule has 0 aliphatic carbocycles. The van der Waals surface area contributed by atoms with E-state index in [0.29, 0.717) is 19.3 Å². The first-order chi connectivity index (χ1) is 8.00. The lowest BCUT2D eigenvalue weighted by Gasteiger charge is -2.25. The van der Waals surface area contributed by atoms with Crippen LogP contribution in [0, 0.1) is 13.8 Å². The molecule has 0 spiro atoms. The summed E-state index contributed by atoms with van der Waals surface area (Å²) in [6.45, 7) is 10.6.